The molecule has 0 spiro atoms. The Morgan fingerprint density at radius 1 is 1.33 bits per heavy atom. The van der Waals surface area contributed by atoms with Crippen molar-refractivity contribution in [1.29, 1.82) is 0 Å². The maximum absolute atomic E-state index is 5.66. The van der Waals surface area contributed by atoms with Crippen molar-refractivity contribution in [2.24, 2.45) is 0 Å². The minimum Gasteiger partial charge on any atom is -0.381 e. The molecule has 3 rings (SSSR count). The number of methoxy groups -OCH3 is 1. The van der Waals surface area contributed by atoms with Gasteiger partial charge in [0.1, 0.15) is 5.69 Å². The molecular formula is C15H19N3O3. The zero-order valence-corrected chi connectivity index (χ0v) is 12.3. The molecule has 2 aromatic heterocycles. The number of aryl methyl sites for hydroxylation is 1. The monoisotopic (exact) mass is 289 g/mol. The van der Waals surface area contributed by atoms with E-state index in [0.717, 1.165) is 12.1 Å². The van der Waals surface area contributed by atoms with E-state index in [9.17, 15) is 0 Å². The van der Waals surface area contributed by atoms with Gasteiger partial charge in [0.15, 0.2) is 5.60 Å². The Morgan fingerprint density at radius 3 is 2.86 bits per heavy atom. The molecule has 21 heavy (non-hydrogen) atoms. The molecule has 0 aliphatic carbocycles. The Morgan fingerprint density at radius 2 is 2.14 bits per heavy atom. The Balaban J connectivity index is 1.91. The average molecular weight is 289 g/mol. The fourth-order valence-electron chi connectivity index (χ4n) is 2.54. The molecule has 1 fully saturated rings. The van der Waals surface area contributed by atoms with Crippen LogP contribution in [-0.2, 0) is 21.5 Å². The summed E-state index contributed by atoms with van der Waals surface area (Å²) >= 11 is 0. The largest absolute Gasteiger partial charge is 0.381 e. The van der Waals surface area contributed by atoms with Gasteiger partial charge in [0.05, 0.1) is 0 Å². The van der Waals surface area contributed by atoms with Crippen molar-refractivity contribution in [3.05, 3.63) is 29.8 Å². The van der Waals surface area contributed by atoms with Gasteiger partial charge in [-0.1, -0.05) is 12.1 Å². The predicted octanol–water partition coefficient (Wildman–Crippen LogP) is 2.35. The van der Waals surface area contributed by atoms with Crippen LogP contribution in [0.3, 0.4) is 0 Å². The predicted molar refractivity (Wildman–Crippen MR) is 75.6 cm³/mol. The molecule has 2 aromatic rings. The molecule has 1 aliphatic rings. The summed E-state index contributed by atoms with van der Waals surface area (Å²) in [4.78, 5) is 8.82. The van der Waals surface area contributed by atoms with Crippen LogP contribution in [0.1, 0.15) is 31.2 Å². The number of nitrogens with zero attached hydrogens (tertiary/aromatic N) is 3. The van der Waals surface area contributed by atoms with Crippen molar-refractivity contribution >= 4 is 0 Å². The number of aromatic nitrogens is 3. The van der Waals surface area contributed by atoms with Crippen LogP contribution in [0.5, 0.6) is 0 Å². The number of pyridine rings is 1. The number of hydrogen-bond acceptors (Lipinski definition) is 6. The second-order valence-corrected chi connectivity index (χ2v) is 5.14. The van der Waals surface area contributed by atoms with E-state index in [2.05, 4.69) is 22.0 Å². The van der Waals surface area contributed by atoms with Crippen molar-refractivity contribution in [2.75, 3.05) is 20.3 Å². The molecule has 0 N–H and O–H groups in total. The first-order valence-electron chi connectivity index (χ1n) is 7.20. The summed E-state index contributed by atoms with van der Waals surface area (Å²) in [6.07, 6.45) is 4.14. The Kier molecular flexibility index (Phi) is 3.98. The molecule has 1 aliphatic heterocycles. The number of ether oxygens (including phenoxy) is 2. The van der Waals surface area contributed by atoms with Crippen molar-refractivity contribution < 1.29 is 14.0 Å². The van der Waals surface area contributed by atoms with Gasteiger partial charge >= 0.3 is 0 Å². The van der Waals surface area contributed by atoms with Crippen molar-refractivity contribution in [1.82, 2.24) is 15.1 Å². The molecule has 0 saturated carbocycles. The van der Waals surface area contributed by atoms with E-state index in [4.69, 9.17) is 14.0 Å². The zero-order chi connectivity index (χ0) is 14.7. The van der Waals surface area contributed by atoms with E-state index < -0.39 is 5.60 Å². The molecule has 0 radical (unpaired) electrons. The average Bonchev–Trinajstić information content (AvgIpc) is 3.06. The maximum atomic E-state index is 5.66. The van der Waals surface area contributed by atoms with Crippen LogP contribution in [0.4, 0.5) is 0 Å². The highest BCUT2D eigenvalue weighted by Crippen LogP contribution is 2.35. The zero-order valence-electron chi connectivity index (χ0n) is 12.3. The van der Waals surface area contributed by atoms with Gasteiger partial charge in [-0.3, -0.25) is 4.98 Å². The summed E-state index contributed by atoms with van der Waals surface area (Å²) in [6.45, 7) is 3.37. The van der Waals surface area contributed by atoms with Gasteiger partial charge in [-0.2, -0.15) is 4.98 Å². The minimum absolute atomic E-state index is 0.503. The summed E-state index contributed by atoms with van der Waals surface area (Å²) in [5, 5.41) is 4.06. The Hall–Kier alpha value is -1.79. The third-order valence-electron chi connectivity index (χ3n) is 3.97. The van der Waals surface area contributed by atoms with Crippen LogP contribution in [-0.4, -0.2) is 35.4 Å². The molecule has 0 atom stereocenters. The molecular weight excluding hydrogens is 270 g/mol. The van der Waals surface area contributed by atoms with E-state index in [-0.39, 0.29) is 0 Å². The summed E-state index contributed by atoms with van der Waals surface area (Å²) in [7, 11) is 1.67. The molecule has 1 saturated heterocycles. The van der Waals surface area contributed by atoms with E-state index in [1.54, 1.807) is 13.3 Å². The van der Waals surface area contributed by atoms with Gasteiger partial charge < -0.3 is 14.0 Å². The van der Waals surface area contributed by atoms with Crippen LogP contribution in [0.15, 0.2) is 22.9 Å². The molecule has 3 heterocycles. The topological polar surface area (TPSA) is 70.3 Å². The summed E-state index contributed by atoms with van der Waals surface area (Å²) in [5.41, 5.74) is 1.38. The molecule has 0 aromatic carbocycles. The first-order valence-corrected chi connectivity index (χ1v) is 7.20. The fourth-order valence-corrected chi connectivity index (χ4v) is 2.54. The van der Waals surface area contributed by atoms with Crippen LogP contribution >= 0.6 is 0 Å². The van der Waals surface area contributed by atoms with Gasteiger partial charge in [0.25, 0.3) is 5.89 Å². The second-order valence-electron chi connectivity index (χ2n) is 5.14. The third kappa shape index (κ3) is 2.69. The van der Waals surface area contributed by atoms with Crippen molar-refractivity contribution in [3.8, 4) is 11.5 Å². The first kappa shape index (κ1) is 14.2. The molecule has 6 nitrogen and oxygen atoms in total. The third-order valence-corrected chi connectivity index (χ3v) is 3.97. The van der Waals surface area contributed by atoms with Crippen molar-refractivity contribution in [2.45, 2.75) is 31.8 Å². The van der Waals surface area contributed by atoms with Gasteiger partial charge in [0, 0.05) is 39.4 Å². The molecule has 0 unspecified atom stereocenters. The molecule has 0 bridgehead atoms. The van der Waals surface area contributed by atoms with Crippen LogP contribution in [0.2, 0.25) is 0 Å². The highest BCUT2D eigenvalue weighted by atomic mass is 16.5. The fraction of sp³-hybridized carbons (Fsp3) is 0.533. The van der Waals surface area contributed by atoms with E-state index in [0.29, 0.717) is 37.8 Å². The van der Waals surface area contributed by atoms with Gasteiger partial charge in [0.2, 0.25) is 5.82 Å². The highest BCUT2D eigenvalue weighted by Gasteiger charge is 2.40. The van der Waals surface area contributed by atoms with Crippen molar-refractivity contribution in [3.63, 3.8) is 0 Å². The maximum Gasteiger partial charge on any atom is 0.259 e. The lowest BCUT2D eigenvalue weighted by Gasteiger charge is -2.32. The molecule has 0 amide bonds. The summed E-state index contributed by atoms with van der Waals surface area (Å²) in [5.74, 6) is 1.01. The number of hydrogen-bond donors (Lipinski definition) is 0. The summed E-state index contributed by atoms with van der Waals surface area (Å²) in [6, 6.07) is 3.97. The van der Waals surface area contributed by atoms with Crippen LogP contribution in [0, 0.1) is 0 Å². The van der Waals surface area contributed by atoms with Crippen LogP contribution < -0.4 is 0 Å². The van der Waals surface area contributed by atoms with E-state index >= 15 is 0 Å². The highest BCUT2D eigenvalue weighted by molar-refractivity contribution is 5.49. The molecule has 6 heteroatoms. The standard InChI is InChI=1S/C15H19N3O3/c1-3-11-4-7-16-12(10-11)13-17-14(21-18-13)15(19-2)5-8-20-9-6-15/h4,7,10H,3,5-6,8-9H2,1-2H3. The smallest absolute Gasteiger partial charge is 0.259 e. The SMILES string of the molecule is CCc1ccnc(-c2noc(C3(OC)CCOCC3)n2)c1. The number of rotatable bonds is 4. The van der Waals surface area contributed by atoms with E-state index in [1.165, 1.54) is 5.56 Å². The van der Waals surface area contributed by atoms with Gasteiger partial charge in [-0.15, -0.1) is 0 Å². The Bertz CT molecular complexity index is 606. The minimum atomic E-state index is -0.536. The second kappa shape index (κ2) is 5.91. The van der Waals surface area contributed by atoms with E-state index in [1.807, 2.05) is 12.1 Å². The van der Waals surface area contributed by atoms with Gasteiger partial charge in [-0.05, 0) is 24.1 Å². The Labute approximate surface area is 123 Å². The first-order chi connectivity index (χ1) is 10.3. The van der Waals surface area contributed by atoms with Crippen LogP contribution in [0.25, 0.3) is 11.5 Å². The molecule has 112 valence electrons. The summed E-state index contributed by atoms with van der Waals surface area (Å²) < 4.78 is 16.5. The lowest BCUT2D eigenvalue weighted by Crippen LogP contribution is -2.35. The lowest BCUT2D eigenvalue weighted by molar-refractivity contribution is -0.111. The quantitative estimate of drug-likeness (QED) is 0.860. The van der Waals surface area contributed by atoms with Gasteiger partial charge in [-0.25, -0.2) is 0 Å². The normalized spacial score (nSPS) is 17.8. The lowest BCUT2D eigenvalue weighted by atomic mass is 9.94.